The number of ether oxygens (including phenoxy) is 1. The standard InChI is InChI=1S/C18H27NO.ClH/c1-14-7-5-8-15(2)18(14)20-13-16-9-6-12-19-11-4-3-10-17(16)19;/h5,7-8,16-17H,3-4,6,9-13H2,1-2H3;1H/t16-,17+;/m0./s1. The van der Waals surface area contributed by atoms with Gasteiger partial charge in [0.2, 0.25) is 0 Å². The van der Waals surface area contributed by atoms with Crippen LogP contribution in [0.1, 0.15) is 43.2 Å². The minimum absolute atomic E-state index is 0. The summed E-state index contributed by atoms with van der Waals surface area (Å²) in [5.41, 5.74) is 2.53. The maximum absolute atomic E-state index is 6.23. The van der Waals surface area contributed by atoms with Crippen LogP contribution in [0.4, 0.5) is 0 Å². The highest BCUT2D eigenvalue weighted by Gasteiger charge is 2.33. The number of hydrogen-bond acceptors (Lipinski definition) is 2. The number of fused-ring (bicyclic) bond motifs is 1. The summed E-state index contributed by atoms with van der Waals surface area (Å²) in [4.78, 5) is 2.71. The molecule has 0 amide bonds. The zero-order valence-electron chi connectivity index (χ0n) is 13.3. The topological polar surface area (TPSA) is 12.5 Å². The number of halogens is 1. The molecule has 21 heavy (non-hydrogen) atoms. The van der Waals surface area contributed by atoms with Crippen molar-refractivity contribution < 1.29 is 4.74 Å². The SMILES string of the molecule is Cc1cccc(C)c1OC[C@@H]1CCCN2CCCC[C@H]12.Cl. The average Bonchev–Trinajstić information content (AvgIpc) is 2.47. The molecule has 1 aromatic rings. The Morgan fingerprint density at radius 1 is 1.05 bits per heavy atom. The van der Waals surface area contributed by atoms with Gasteiger partial charge in [0.25, 0.3) is 0 Å². The third kappa shape index (κ3) is 3.73. The molecule has 3 rings (SSSR count). The second kappa shape index (κ2) is 7.51. The van der Waals surface area contributed by atoms with E-state index in [9.17, 15) is 0 Å². The number of hydrogen-bond donors (Lipinski definition) is 0. The summed E-state index contributed by atoms with van der Waals surface area (Å²) >= 11 is 0. The second-order valence-corrected chi connectivity index (χ2v) is 6.53. The summed E-state index contributed by atoms with van der Waals surface area (Å²) in [6.45, 7) is 7.81. The van der Waals surface area contributed by atoms with Crippen LogP contribution in [0.15, 0.2) is 18.2 Å². The van der Waals surface area contributed by atoms with Crippen LogP contribution in [0.25, 0.3) is 0 Å². The summed E-state index contributed by atoms with van der Waals surface area (Å²) in [6, 6.07) is 7.19. The van der Waals surface area contributed by atoms with Gasteiger partial charge in [-0.3, -0.25) is 4.90 Å². The maximum atomic E-state index is 6.23. The predicted molar refractivity (Wildman–Crippen MR) is 90.6 cm³/mol. The maximum Gasteiger partial charge on any atom is 0.125 e. The van der Waals surface area contributed by atoms with Crippen molar-refractivity contribution in [3.63, 3.8) is 0 Å². The zero-order valence-corrected chi connectivity index (χ0v) is 14.1. The van der Waals surface area contributed by atoms with Gasteiger partial charge in [0.15, 0.2) is 0 Å². The number of rotatable bonds is 3. The molecule has 0 aliphatic carbocycles. The summed E-state index contributed by atoms with van der Waals surface area (Å²) in [5, 5.41) is 0. The molecule has 1 aromatic carbocycles. The minimum atomic E-state index is 0. The lowest BCUT2D eigenvalue weighted by atomic mass is 9.84. The lowest BCUT2D eigenvalue weighted by Crippen LogP contribution is -2.49. The lowest BCUT2D eigenvalue weighted by Gasteiger charge is -2.44. The first-order valence-corrected chi connectivity index (χ1v) is 8.19. The van der Waals surface area contributed by atoms with Gasteiger partial charge in [-0.25, -0.2) is 0 Å². The smallest absolute Gasteiger partial charge is 0.125 e. The zero-order chi connectivity index (χ0) is 13.9. The normalized spacial score (nSPS) is 25.8. The number of aryl methyl sites for hydroxylation is 2. The van der Waals surface area contributed by atoms with Gasteiger partial charge in [-0.1, -0.05) is 24.6 Å². The van der Waals surface area contributed by atoms with Gasteiger partial charge in [0, 0.05) is 12.0 Å². The van der Waals surface area contributed by atoms with Gasteiger partial charge < -0.3 is 4.74 Å². The number of nitrogens with zero attached hydrogens (tertiary/aromatic N) is 1. The Hall–Kier alpha value is -0.730. The molecule has 0 radical (unpaired) electrons. The molecule has 2 atom stereocenters. The first-order valence-electron chi connectivity index (χ1n) is 8.19. The van der Waals surface area contributed by atoms with Crippen molar-refractivity contribution in [3.05, 3.63) is 29.3 Å². The third-order valence-corrected chi connectivity index (χ3v) is 5.08. The molecule has 2 heterocycles. The van der Waals surface area contributed by atoms with Gasteiger partial charge in [-0.2, -0.15) is 0 Å². The van der Waals surface area contributed by atoms with Crippen molar-refractivity contribution in [2.45, 2.75) is 52.0 Å². The first-order chi connectivity index (χ1) is 9.75. The highest BCUT2D eigenvalue weighted by Crippen LogP contribution is 2.32. The van der Waals surface area contributed by atoms with Crippen LogP contribution in [-0.4, -0.2) is 30.6 Å². The molecule has 2 saturated heterocycles. The molecule has 0 unspecified atom stereocenters. The molecule has 3 heteroatoms. The molecule has 0 spiro atoms. The summed E-state index contributed by atoms with van der Waals surface area (Å²) in [7, 11) is 0. The van der Waals surface area contributed by atoms with E-state index in [0.717, 1.165) is 24.3 Å². The Balaban J connectivity index is 0.00000161. The monoisotopic (exact) mass is 309 g/mol. The minimum Gasteiger partial charge on any atom is -0.493 e. The van der Waals surface area contributed by atoms with E-state index in [0.29, 0.717) is 0 Å². The van der Waals surface area contributed by atoms with Crippen molar-refractivity contribution in [3.8, 4) is 5.75 Å². The van der Waals surface area contributed by atoms with Crippen LogP contribution in [0.3, 0.4) is 0 Å². The van der Waals surface area contributed by atoms with Crippen LogP contribution in [0, 0.1) is 19.8 Å². The average molecular weight is 310 g/mol. The summed E-state index contributed by atoms with van der Waals surface area (Å²) in [5.74, 6) is 1.84. The van der Waals surface area contributed by atoms with Crippen molar-refractivity contribution in [1.82, 2.24) is 4.90 Å². The second-order valence-electron chi connectivity index (χ2n) is 6.53. The molecule has 118 valence electrons. The van der Waals surface area contributed by atoms with E-state index >= 15 is 0 Å². The van der Waals surface area contributed by atoms with E-state index in [-0.39, 0.29) is 12.4 Å². The van der Waals surface area contributed by atoms with E-state index in [1.807, 2.05) is 0 Å². The molecule has 2 aliphatic heterocycles. The van der Waals surface area contributed by atoms with E-state index < -0.39 is 0 Å². The predicted octanol–water partition coefficient (Wildman–Crippen LogP) is 4.37. The van der Waals surface area contributed by atoms with Gasteiger partial charge in [0.05, 0.1) is 6.61 Å². The van der Waals surface area contributed by atoms with Crippen molar-refractivity contribution in [2.75, 3.05) is 19.7 Å². The van der Waals surface area contributed by atoms with Gasteiger partial charge in [0.1, 0.15) is 5.75 Å². The van der Waals surface area contributed by atoms with Crippen LogP contribution >= 0.6 is 12.4 Å². The van der Waals surface area contributed by atoms with Gasteiger partial charge >= 0.3 is 0 Å². The molecule has 2 aliphatic rings. The molecular formula is C18H28ClNO. The first kappa shape index (κ1) is 16.6. The summed E-state index contributed by atoms with van der Waals surface area (Å²) in [6.07, 6.45) is 6.85. The molecule has 2 fully saturated rings. The quantitative estimate of drug-likeness (QED) is 0.822. The van der Waals surface area contributed by atoms with E-state index in [1.165, 1.54) is 56.3 Å². The number of para-hydroxylation sites is 1. The number of piperidine rings is 2. The van der Waals surface area contributed by atoms with Crippen molar-refractivity contribution >= 4 is 12.4 Å². The Bertz CT molecular complexity index is 440. The fourth-order valence-electron chi connectivity index (χ4n) is 3.99. The van der Waals surface area contributed by atoms with Crippen LogP contribution < -0.4 is 4.74 Å². The van der Waals surface area contributed by atoms with Crippen LogP contribution in [-0.2, 0) is 0 Å². The van der Waals surface area contributed by atoms with Crippen LogP contribution in [0.2, 0.25) is 0 Å². The molecule has 0 aromatic heterocycles. The Labute approximate surface area is 135 Å². The lowest BCUT2D eigenvalue weighted by molar-refractivity contribution is 0.0363. The van der Waals surface area contributed by atoms with Gasteiger partial charge in [-0.15, -0.1) is 12.4 Å². The number of benzene rings is 1. The van der Waals surface area contributed by atoms with E-state index in [1.54, 1.807) is 0 Å². The van der Waals surface area contributed by atoms with Gasteiger partial charge in [-0.05, 0) is 63.7 Å². The molecule has 0 N–H and O–H groups in total. The van der Waals surface area contributed by atoms with Crippen molar-refractivity contribution in [2.24, 2.45) is 5.92 Å². The third-order valence-electron chi connectivity index (χ3n) is 5.08. The molecule has 0 saturated carbocycles. The largest absolute Gasteiger partial charge is 0.493 e. The molecule has 0 bridgehead atoms. The highest BCUT2D eigenvalue weighted by molar-refractivity contribution is 5.85. The Morgan fingerprint density at radius 3 is 2.52 bits per heavy atom. The summed E-state index contributed by atoms with van der Waals surface area (Å²) < 4.78 is 6.23. The Kier molecular flexibility index (Phi) is 5.95. The van der Waals surface area contributed by atoms with E-state index in [4.69, 9.17) is 4.74 Å². The van der Waals surface area contributed by atoms with E-state index in [2.05, 4.69) is 36.9 Å². The fraction of sp³-hybridized carbons (Fsp3) is 0.667. The van der Waals surface area contributed by atoms with Crippen LogP contribution in [0.5, 0.6) is 5.75 Å². The molecular weight excluding hydrogens is 282 g/mol. The fourth-order valence-corrected chi connectivity index (χ4v) is 3.99. The highest BCUT2D eigenvalue weighted by atomic mass is 35.5. The van der Waals surface area contributed by atoms with Crippen molar-refractivity contribution in [1.29, 1.82) is 0 Å². The molecule has 2 nitrogen and oxygen atoms in total. The Morgan fingerprint density at radius 2 is 1.76 bits per heavy atom.